The minimum Gasteiger partial charge on any atom is -0.318 e. The Bertz CT molecular complexity index is 326. The first kappa shape index (κ1) is 19.1. The van der Waals surface area contributed by atoms with Crippen molar-refractivity contribution >= 4 is 36.6 Å². The molecule has 0 fully saturated rings. The molecule has 0 saturated carbocycles. The minimum absolute atomic E-state index is 0.317. The van der Waals surface area contributed by atoms with Crippen LogP contribution in [0.5, 0.6) is 0 Å². The van der Waals surface area contributed by atoms with E-state index in [1.807, 2.05) is 25.4 Å². The van der Waals surface area contributed by atoms with Crippen LogP contribution in [0.15, 0.2) is 0 Å². The predicted molar refractivity (Wildman–Crippen MR) is 82.7 cm³/mol. The maximum absolute atomic E-state index is 12.4. The van der Waals surface area contributed by atoms with Crippen LogP contribution in [0.25, 0.3) is 0 Å². The molecule has 0 bridgehead atoms. The smallest absolute Gasteiger partial charge is 0.318 e. The quantitative estimate of drug-likeness (QED) is 0.557. The maximum Gasteiger partial charge on any atom is 0.395 e. The van der Waals surface area contributed by atoms with Gasteiger partial charge in [-0.15, -0.1) is 0 Å². The largest absolute Gasteiger partial charge is 0.395 e. The van der Waals surface area contributed by atoms with Crippen LogP contribution in [0.3, 0.4) is 0 Å². The molecule has 0 radical (unpaired) electrons. The van der Waals surface area contributed by atoms with Crippen molar-refractivity contribution in [1.82, 2.24) is 4.67 Å². The monoisotopic (exact) mass is 335 g/mol. The van der Waals surface area contributed by atoms with Gasteiger partial charge in [0, 0.05) is 13.1 Å². The molecule has 0 aromatic heterocycles. The van der Waals surface area contributed by atoms with Gasteiger partial charge in [-0.3, -0.25) is 0 Å². The van der Waals surface area contributed by atoms with Crippen molar-refractivity contribution in [2.45, 2.75) is 27.7 Å². The highest BCUT2D eigenvalue weighted by Gasteiger charge is 2.36. The zero-order chi connectivity index (χ0) is 14.2. The Morgan fingerprint density at radius 2 is 1.61 bits per heavy atom. The molecule has 0 N–H and O–H groups in total. The Hall–Kier alpha value is 1.07. The molecule has 0 aliphatic carbocycles. The van der Waals surface area contributed by atoms with Gasteiger partial charge in [0.05, 0.1) is 13.2 Å². The first-order chi connectivity index (χ1) is 8.41. The topological polar surface area (TPSA) is 48.0 Å². The molecule has 0 spiro atoms. The number of rotatable bonds is 10. The molecule has 0 aliphatic heterocycles. The van der Waals surface area contributed by atoms with Crippen LogP contribution in [0, 0.1) is 0 Å². The predicted octanol–water partition coefficient (Wildman–Crippen LogP) is 4.11. The molecular formula is C9H23NO4P2S2. The van der Waals surface area contributed by atoms with E-state index in [0.29, 0.717) is 26.3 Å². The van der Waals surface area contributed by atoms with Crippen molar-refractivity contribution in [3.63, 3.8) is 0 Å². The van der Waals surface area contributed by atoms with Gasteiger partial charge in [0.15, 0.2) is 0 Å². The highest BCUT2D eigenvalue weighted by Crippen LogP contribution is 2.71. The van der Waals surface area contributed by atoms with Crippen molar-refractivity contribution in [2.75, 3.05) is 32.6 Å². The van der Waals surface area contributed by atoms with E-state index in [0.717, 1.165) is 11.4 Å². The molecule has 0 aromatic carbocycles. The minimum atomic E-state index is -3.24. The molecule has 0 heterocycles. The third kappa shape index (κ3) is 5.59. The molecule has 5 nitrogen and oxygen atoms in total. The van der Waals surface area contributed by atoms with Gasteiger partial charge < -0.3 is 9.05 Å². The summed E-state index contributed by atoms with van der Waals surface area (Å²) in [7, 11) is 0. The molecule has 0 saturated heterocycles. The lowest BCUT2D eigenvalue weighted by Gasteiger charge is -2.33. The van der Waals surface area contributed by atoms with Gasteiger partial charge in [-0.05, 0) is 43.3 Å². The molecule has 18 heavy (non-hydrogen) atoms. The van der Waals surface area contributed by atoms with E-state index in [1.165, 1.54) is 0 Å². The fourth-order valence-electron chi connectivity index (χ4n) is 1.28. The summed E-state index contributed by atoms with van der Waals surface area (Å²) in [6.45, 7) is 3.70. The zero-order valence-corrected chi connectivity index (χ0v) is 15.0. The zero-order valence-electron chi connectivity index (χ0n) is 11.6. The molecule has 110 valence electrons. The second-order valence-electron chi connectivity index (χ2n) is 3.15. The van der Waals surface area contributed by atoms with E-state index in [2.05, 4.69) is 0 Å². The molecule has 0 rings (SSSR count). The molecule has 0 aliphatic rings. The lowest BCUT2D eigenvalue weighted by atomic mass is 10.7. The molecule has 0 amide bonds. The Morgan fingerprint density at radius 1 is 1.11 bits per heavy atom. The number of hydrogen-bond acceptors (Lipinski definition) is 6. The molecule has 0 aromatic rings. The first-order valence-corrected chi connectivity index (χ1v) is 11.9. The first-order valence-electron chi connectivity index (χ1n) is 5.92. The van der Waals surface area contributed by atoms with Gasteiger partial charge in [0.1, 0.15) is 0 Å². The second kappa shape index (κ2) is 9.09. The summed E-state index contributed by atoms with van der Waals surface area (Å²) < 4.78 is 30.7. The van der Waals surface area contributed by atoms with Crippen LogP contribution in [-0.2, 0) is 29.7 Å². The standard InChI is InChI=1S/C9H23NO4P2S2/c1-6-10(7-2)15(17,12-8-3)14-16(11,18-5)13-9-4/h6-9H2,1-5H3. The van der Waals surface area contributed by atoms with Crippen LogP contribution < -0.4 is 0 Å². The van der Waals surface area contributed by atoms with Gasteiger partial charge in [0.2, 0.25) is 0 Å². The summed E-state index contributed by atoms with van der Waals surface area (Å²) in [6, 6.07) is 0. The lowest BCUT2D eigenvalue weighted by Crippen LogP contribution is -2.22. The highest BCUT2D eigenvalue weighted by molar-refractivity contribution is 8.55. The fourth-order valence-corrected chi connectivity index (χ4v) is 9.18. The van der Waals surface area contributed by atoms with Crippen molar-refractivity contribution in [3.05, 3.63) is 0 Å². The molecule has 9 heteroatoms. The lowest BCUT2D eigenvalue weighted by molar-refractivity contribution is 0.247. The average Bonchev–Trinajstić information content (AvgIpc) is 2.30. The van der Waals surface area contributed by atoms with E-state index >= 15 is 0 Å². The van der Waals surface area contributed by atoms with Crippen LogP contribution in [-0.4, -0.2) is 37.2 Å². The Morgan fingerprint density at radius 3 is 1.94 bits per heavy atom. The van der Waals surface area contributed by atoms with Crippen LogP contribution in [0.4, 0.5) is 0 Å². The van der Waals surface area contributed by atoms with Crippen LogP contribution in [0.2, 0.25) is 0 Å². The van der Waals surface area contributed by atoms with Crippen LogP contribution >= 0.6 is 24.8 Å². The number of nitrogens with zero attached hydrogens (tertiary/aromatic N) is 1. The summed E-state index contributed by atoms with van der Waals surface area (Å²) in [4.78, 5) is 0. The normalized spacial score (nSPS) is 18.6. The summed E-state index contributed by atoms with van der Waals surface area (Å²) in [5, 5.41) is 0. The fraction of sp³-hybridized carbons (Fsp3) is 1.00. The average molecular weight is 335 g/mol. The Labute approximate surface area is 119 Å². The summed E-state index contributed by atoms with van der Waals surface area (Å²) in [5.74, 6) is 0. The van der Waals surface area contributed by atoms with Gasteiger partial charge in [-0.1, -0.05) is 13.8 Å². The van der Waals surface area contributed by atoms with Gasteiger partial charge >= 0.3 is 6.80 Å². The van der Waals surface area contributed by atoms with Crippen molar-refractivity contribution in [2.24, 2.45) is 0 Å². The highest BCUT2D eigenvalue weighted by atomic mass is 32.7. The molecule has 2 unspecified atom stereocenters. The van der Waals surface area contributed by atoms with Crippen molar-refractivity contribution in [3.8, 4) is 0 Å². The maximum atomic E-state index is 12.4. The third-order valence-corrected chi connectivity index (χ3v) is 10.4. The van der Waals surface area contributed by atoms with Gasteiger partial charge in [0.25, 0.3) is 6.64 Å². The molecule has 2 atom stereocenters. The van der Waals surface area contributed by atoms with Crippen molar-refractivity contribution in [1.29, 1.82) is 0 Å². The molecular weight excluding hydrogens is 312 g/mol. The second-order valence-corrected chi connectivity index (χ2v) is 10.9. The summed E-state index contributed by atoms with van der Waals surface area (Å²) in [5.41, 5.74) is 0. The van der Waals surface area contributed by atoms with E-state index in [-0.39, 0.29) is 0 Å². The SMILES string of the molecule is CCOP(=O)(OP(=S)(OCC)N(CC)CC)SC. The number of hydrogen-bond donors (Lipinski definition) is 0. The van der Waals surface area contributed by atoms with E-state index < -0.39 is 13.4 Å². The van der Waals surface area contributed by atoms with Crippen LogP contribution in [0.1, 0.15) is 27.7 Å². The summed E-state index contributed by atoms with van der Waals surface area (Å²) in [6.07, 6.45) is 1.68. The Balaban J connectivity index is 5.11. The third-order valence-electron chi connectivity index (χ3n) is 2.08. The van der Waals surface area contributed by atoms with E-state index in [9.17, 15) is 4.57 Å². The van der Waals surface area contributed by atoms with Gasteiger partial charge in [-0.25, -0.2) is 13.5 Å². The van der Waals surface area contributed by atoms with E-state index in [4.69, 9.17) is 25.2 Å². The van der Waals surface area contributed by atoms with E-state index in [1.54, 1.807) is 13.2 Å². The Kier molecular flexibility index (Phi) is 9.63. The van der Waals surface area contributed by atoms with Crippen molar-refractivity contribution < 1.29 is 17.9 Å². The summed E-state index contributed by atoms with van der Waals surface area (Å²) >= 11 is 6.53. The van der Waals surface area contributed by atoms with Gasteiger partial charge in [-0.2, -0.15) is 0 Å².